The number of nitrogens with one attached hydrogen (secondary N) is 1. The van der Waals surface area contributed by atoms with Crippen LogP contribution in [0.15, 0.2) is 54.6 Å². The summed E-state index contributed by atoms with van der Waals surface area (Å²) < 4.78 is 14.4. The molecule has 31 heavy (non-hydrogen) atoms. The van der Waals surface area contributed by atoms with E-state index in [4.69, 9.17) is 0 Å². The highest BCUT2D eigenvalue weighted by atomic mass is 19.1. The van der Waals surface area contributed by atoms with Crippen molar-refractivity contribution in [2.24, 2.45) is 0 Å². The summed E-state index contributed by atoms with van der Waals surface area (Å²) in [5.41, 5.74) is 4.53. The Kier molecular flexibility index (Phi) is 5.46. The van der Waals surface area contributed by atoms with Crippen molar-refractivity contribution in [1.82, 2.24) is 0 Å². The minimum Gasteiger partial charge on any atom is -0.507 e. The molecular weight excluding hydrogens is 395 g/mol. The predicted octanol–water partition coefficient (Wildman–Crippen LogP) is 5.12. The molecule has 0 fully saturated rings. The Bertz CT molecular complexity index is 1190. The number of anilines is 2. The molecule has 5 nitrogen and oxygen atoms in total. The fourth-order valence-electron chi connectivity index (χ4n) is 4.07. The normalized spacial score (nSPS) is 12.9. The van der Waals surface area contributed by atoms with Crippen LogP contribution in [-0.2, 0) is 16.0 Å². The van der Waals surface area contributed by atoms with Gasteiger partial charge in [-0.3, -0.25) is 9.59 Å². The van der Waals surface area contributed by atoms with E-state index in [0.717, 1.165) is 29.7 Å². The van der Waals surface area contributed by atoms with Crippen LogP contribution >= 0.6 is 0 Å². The number of nitrogens with zero attached hydrogens (tertiary/aromatic N) is 1. The van der Waals surface area contributed by atoms with E-state index in [1.807, 2.05) is 30.3 Å². The largest absolute Gasteiger partial charge is 0.507 e. The molecule has 0 saturated heterocycles. The van der Waals surface area contributed by atoms with Crippen LogP contribution in [0, 0.1) is 5.82 Å². The van der Waals surface area contributed by atoms with Crippen molar-refractivity contribution in [2.45, 2.75) is 26.7 Å². The van der Waals surface area contributed by atoms with E-state index in [0.29, 0.717) is 23.2 Å². The van der Waals surface area contributed by atoms with Crippen molar-refractivity contribution in [3.8, 4) is 28.0 Å². The predicted molar refractivity (Wildman–Crippen MR) is 120 cm³/mol. The highest BCUT2D eigenvalue weighted by molar-refractivity contribution is 5.94. The van der Waals surface area contributed by atoms with Crippen LogP contribution in [0.1, 0.15) is 25.8 Å². The first-order valence-electron chi connectivity index (χ1n) is 10.2. The molecular formula is C25H23FN2O3. The van der Waals surface area contributed by atoms with Gasteiger partial charge in [-0.25, -0.2) is 4.39 Å². The van der Waals surface area contributed by atoms with Gasteiger partial charge in [0.2, 0.25) is 11.8 Å². The lowest BCUT2D eigenvalue weighted by atomic mass is 9.93. The average Bonchev–Trinajstić information content (AvgIpc) is 2.74. The third-order valence-electron chi connectivity index (χ3n) is 5.52. The zero-order valence-corrected chi connectivity index (χ0v) is 17.4. The monoisotopic (exact) mass is 418 g/mol. The van der Waals surface area contributed by atoms with Gasteiger partial charge in [0.25, 0.3) is 0 Å². The Hall–Kier alpha value is -3.67. The zero-order chi connectivity index (χ0) is 22.1. The number of carbonyl (C=O) groups is 2. The van der Waals surface area contributed by atoms with Gasteiger partial charge in [-0.2, -0.15) is 0 Å². The fraction of sp³-hybridized carbons (Fsp3) is 0.200. The fourth-order valence-corrected chi connectivity index (χ4v) is 4.07. The molecule has 1 aliphatic heterocycles. The topological polar surface area (TPSA) is 69.6 Å². The Labute approximate surface area is 180 Å². The number of carbonyl (C=O) groups excluding carboxylic acids is 2. The van der Waals surface area contributed by atoms with E-state index >= 15 is 0 Å². The number of halogens is 1. The Morgan fingerprint density at radius 2 is 1.68 bits per heavy atom. The summed E-state index contributed by atoms with van der Waals surface area (Å²) in [6.45, 7) is 3.59. The Morgan fingerprint density at radius 3 is 2.32 bits per heavy atom. The van der Waals surface area contributed by atoms with Crippen LogP contribution in [0.4, 0.5) is 15.8 Å². The third kappa shape index (κ3) is 4.01. The molecule has 6 heteroatoms. The van der Waals surface area contributed by atoms with Crippen LogP contribution in [0.25, 0.3) is 22.3 Å². The first-order valence-corrected chi connectivity index (χ1v) is 10.2. The molecule has 4 rings (SSSR count). The van der Waals surface area contributed by atoms with E-state index in [2.05, 4.69) is 5.32 Å². The first-order chi connectivity index (χ1) is 14.8. The van der Waals surface area contributed by atoms with Gasteiger partial charge in [0, 0.05) is 37.2 Å². The van der Waals surface area contributed by atoms with Crippen LogP contribution in [0.2, 0.25) is 0 Å². The maximum Gasteiger partial charge on any atom is 0.223 e. The molecule has 158 valence electrons. The van der Waals surface area contributed by atoms with Crippen molar-refractivity contribution >= 4 is 23.2 Å². The molecule has 3 aromatic rings. The van der Waals surface area contributed by atoms with Crippen molar-refractivity contribution in [3.63, 3.8) is 0 Å². The first kappa shape index (κ1) is 20.6. The highest BCUT2D eigenvalue weighted by Gasteiger charge is 2.21. The Morgan fingerprint density at radius 1 is 1.00 bits per heavy atom. The maximum atomic E-state index is 14.4. The molecule has 1 aliphatic rings. The van der Waals surface area contributed by atoms with E-state index in [-0.39, 0.29) is 23.3 Å². The van der Waals surface area contributed by atoms with Gasteiger partial charge in [0.15, 0.2) is 0 Å². The molecule has 0 saturated carbocycles. The number of phenols is 1. The lowest BCUT2D eigenvalue weighted by molar-refractivity contribution is -0.116. The van der Waals surface area contributed by atoms with Crippen LogP contribution < -0.4 is 10.2 Å². The summed E-state index contributed by atoms with van der Waals surface area (Å²) in [6, 6.07) is 15.6. The van der Waals surface area contributed by atoms with Gasteiger partial charge in [0.05, 0.1) is 5.69 Å². The summed E-state index contributed by atoms with van der Waals surface area (Å²) in [5.74, 6) is -0.862. The second-order valence-electron chi connectivity index (χ2n) is 7.70. The van der Waals surface area contributed by atoms with Crippen molar-refractivity contribution in [3.05, 3.63) is 66.0 Å². The van der Waals surface area contributed by atoms with Crippen molar-refractivity contribution < 1.29 is 19.1 Å². The van der Waals surface area contributed by atoms with Gasteiger partial charge in [-0.1, -0.05) is 30.3 Å². The number of benzene rings is 3. The molecule has 0 radical (unpaired) electrons. The number of aromatic hydroxyl groups is 1. The second-order valence-corrected chi connectivity index (χ2v) is 7.70. The lowest BCUT2D eigenvalue weighted by Gasteiger charge is -2.29. The highest BCUT2D eigenvalue weighted by Crippen LogP contribution is 2.40. The van der Waals surface area contributed by atoms with Gasteiger partial charge in [-0.05, 0) is 53.8 Å². The van der Waals surface area contributed by atoms with E-state index in [9.17, 15) is 19.1 Å². The number of para-hydroxylation sites is 1. The number of phenolic OH excluding ortho intramolecular Hbond substituents is 1. The molecule has 0 bridgehead atoms. The number of amides is 2. The summed E-state index contributed by atoms with van der Waals surface area (Å²) in [7, 11) is 0. The summed E-state index contributed by atoms with van der Waals surface area (Å²) in [6.07, 6.45) is 1.76. The van der Waals surface area contributed by atoms with E-state index in [1.54, 1.807) is 24.0 Å². The molecule has 0 unspecified atom stereocenters. The van der Waals surface area contributed by atoms with Crippen LogP contribution in [-0.4, -0.2) is 23.5 Å². The van der Waals surface area contributed by atoms with Gasteiger partial charge in [-0.15, -0.1) is 0 Å². The standard InChI is InChI=1S/C25H23FN2O3/c1-15(29)27-23-10-8-18(14-22(23)26)21-7-3-6-20(25(21)31)17-9-11-24-19(13-17)5-4-12-28(24)16(2)30/h3,6-11,13-14,31H,4-5,12H2,1-2H3,(H,27,29). The third-order valence-corrected chi connectivity index (χ3v) is 5.52. The van der Waals surface area contributed by atoms with E-state index < -0.39 is 5.82 Å². The number of hydrogen-bond donors (Lipinski definition) is 2. The molecule has 0 aliphatic carbocycles. The van der Waals surface area contributed by atoms with Gasteiger partial charge in [0.1, 0.15) is 11.6 Å². The Balaban J connectivity index is 1.73. The maximum absolute atomic E-state index is 14.4. The number of fused-ring (bicyclic) bond motifs is 1. The molecule has 0 spiro atoms. The minimum atomic E-state index is -0.574. The summed E-state index contributed by atoms with van der Waals surface area (Å²) >= 11 is 0. The molecule has 2 N–H and O–H groups in total. The molecule has 3 aromatic carbocycles. The molecule has 2 amide bonds. The van der Waals surface area contributed by atoms with Crippen LogP contribution in [0.3, 0.4) is 0 Å². The van der Waals surface area contributed by atoms with Gasteiger partial charge < -0.3 is 15.3 Å². The van der Waals surface area contributed by atoms with Crippen molar-refractivity contribution in [1.29, 1.82) is 0 Å². The molecule has 0 atom stereocenters. The van der Waals surface area contributed by atoms with E-state index in [1.165, 1.54) is 19.1 Å². The quantitative estimate of drug-likeness (QED) is 0.620. The number of hydrogen-bond acceptors (Lipinski definition) is 3. The molecule has 0 aromatic heterocycles. The summed E-state index contributed by atoms with van der Waals surface area (Å²) in [5, 5.41) is 13.4. The smallest absolute Gasteiger partial charge is 0.223 e. The van der Waals surface area contributed by atoms with Gasteiger partial charge >= 0.3 is 0 Å². The lowest BCUT2D eigenvalue weighted by Crippen LogP contribution is -2.33. The van der Waals surface area contributed by atoms with Crippen molar-refractivity contribution in [2.75, 3.05) is 16.8 Å². The minimum absolute atomic E-state index is 0.0169. The zero-order valence-electron chi connectivity index (χ0n) is 17.4. The van der Waals surface area contributed by atoms with Crippen LogP contribution in [0.5, 0.6) is 5.75 Å². The SMILES string of the molecule is CC(=O)Nc1ccc(-c2cccc(-c3ccc4c(c3)CCCN4C(C)=O)c2O)cc1F. The summed E-state index contributed by atoms with van der Waals surface area (Å²) in [4.78, 5) is 24.9. The number of aryl methyl sites for hydroxylation is 1. The molecule has 1 heterocycles. The second kappa shape index (κ2) is 8.22. The number of rotatable bonds is 3. The average molecular weight is 418 g/mol.